The second-order valence-corrected chi connectivity index (χ2v) is 7.63. The number of ketones is 1. The van der Waals surface area contributed by atoms with E-state index in [1.807, 2.05) is 0 Å². The Bertz CT molecular complexity index is 403. The zero-order valence-electron chi connectivity index (χ0n) is 11.7. The Hall–Kier alpha value is -0.410. The van der Waals surface area contributed by atoms with Gasteiger partial charge in [-0.3, -0.25) is 4.79 Å². The Kier molecular flexibility index (Phi) is 2.36. The van der Waals surface area contributed by atoms with Crippen LogP contribution in [0.15, 0.2) is 0 Å². The van der Waals surface area contributed by atoms with E-state index in [4.69, 9.17) is 0 Å². The molecule has 4 aliphatic carbocycles. The highest BCUT2D eigenvalue weighted by atomic mass is 16.3. The molecule has 2 N–H and O–H groups in total. The van der Waals surface area contributed by atoms with E-state index in [2.05, 4.69) is 27.7 Å². The Labute approximate surface area is 109 Å². The standard InChI is InChI=1S/C15H24O3/c1-7-5-8(16)12-13-11(7)15(12,4)10(18)6-9(17)14(13,2)3/h7,9-13,17-18H,5-6H2,1-4H3/t7-,9+,10+,11+,12+,13-,15+/m0/s1. The highest BCUT2D eigenvalue weighted by molar-refractivity contribution is 5.86. The summed E-state index contributed by atoms with van der Waals surface area (Å²) >= 11 is 0. The highest BCUT2D eigenvalue weighted by Crippen LogP contribution is 2.72. The molecule has 0 amide bonds. The largest absolute Gasteiger partial charge is 0.392 e. The molecule has 7 atom stereocenters. The number of Topliss-reactive ketones (excluding diaryl/α,β-unsaturated/α-hetero) is 1. The van der Waals surface area contributed by atoms with E-state index < -0.39 is 12.2 Å². The quantitative estimate of drug-likeness (QED) is 0.688. The first kappa shape index (κ1) is 12.6. The summed E-state index contributed by atoms with van der Waals surface area (Å²) in [6.07, 6.45) is 0.00462. The third-order valence-corrected chi connectivity index (χ3v) is 6.50. The molecule has 0 aliphatic heterocycles. The van der Waals surface area contributed by atoms with Gasteiger partial charge in [0.05, 0.1) is 12.2 Å². The maximum Gasteiger partial charge on any atom is 0.137 e. The van der Waals surface area contributed by atoms with Gasteiger partial charge in [-0.25, -0.2) is 0 Å². The fraction of sp³-hybridized carbons (Fsp3) is 0.933. The van der Waals surface area contributed by atoms with Crippen molar-refractivity contribution in [1.82, 2.24) is 0 Å². The van der Waals surface area contributed by atoms with Crippen LogP contribution in [0, 0.1) is 34.5 Å². The van der Waals surface area contributed by atoms with E-state index in [1.165, 1.54) is 0 Å². The fourth-order valence-electron chi connectivity index (χ4n) is 5.47. The van der Waals surface area contributed by atoms with Gasteiger partial charge in [0.1, 0.15) is 5.78 Å². The minimum atomic E-state index is -0.549. The van der Waals surface area contributed by atoms with Crippen molar-refractivity contribution in [3.05, 3.63) is 0 Å². The summed E-state index contributed by atoms with van der Waals surface area (Å²) in [5.41, 5.74) is -0.565. The monoisotopic (exact) mass is 252 g/mol. The zero-order chi connectivity index (χ0) is 13.5. The number of carbonyl (C=O) groups excluding carboxylic acids is 1. The Morgan fingerprint density at radius 1 is 1.11 bits per heavy atom. The Morgan fingerprint density at radius 2 is 1.72 bits per heavy atom. The maximum atomic E-state index is 12.4. The zero-order valence-corrected chi connectivity index (χ0v) is 11.7. The lowest BCUT2D eigenvalue weighted by Crippen LogP contribution is -2.70. The van der Waals surface area contributed by atoms with E-state index >= 15 is 0 Å². The van der Waals surface area contributed by atoms with Crippen LogP contribution in [0.4, 0.5) is 0 Å². The Morgan fingerprint density at radius 3 is 2.28 bits per heavy atom. The van der Waals surface area contributed by atoms with Gasteiger partial charge in [-0.1, -0.05) is 27.7 Å². The summed E-state index contributed by atoms with van der Waals surface area (Å²) in [5.74, 6) is 1.21. The predicted molar refractivity (Wildman–Crippen MR) is 67.8 cm³/mol. The number of hydrogen-bond donors (Lipinski definition) is 2. The molecule has 0 aromatic carbocycles. The summed E-state index contributed by atoms with van der Waals surface area (Å²) in [5, 5.41) is 20.8. The number of rotatable bonds is 0. The first-order valence-electron chi connectivity index (χ1n) is 7.11. The van der Waals surface area contributed by atoms with Gasteiger partial charge in [0, 0.05) is 24.2 Å². The molecule has 0 spiro atoms. The molecule has 0 heterocycles. The summed E-state index contributed by atoms with van der Waals surface area (Å²) in [7, 11) is 0. The van der Waals surface area contributed by atoms with Crippen LogP contribution in [-0.2, 0) is 4.79 Å². The number of aliphatic hydroxyl groups is 2. The van der Waals surface area contributed by atoms with E-state index in [0.717, 1.165) is 0 Å². The van der Waals surface area contributed by atoms with Crippen LogP contribution in [0.1, 0.15) is 40.5 Å². The van der Waals surface area contributed by atoms with Crippen molar-refractivity contribution >= 4 is 5.78 Å². The van der Waals surface area contributed by atoms with Gasteiger partial charge >= 0.3 is 0 Å². The van der Waals surface area contributed by atoms with Crippen LogP contribution >= 0.6 is 0 Å². The summed E-state index contributed by atoms with van der Waals surface area (Å²) in [6.45, 7) is 8.31. The molecule has 102 valence electrons. The summed E-state index contributed by atoms with van der Waals surface area (Å²) < 4.78 is 0. The molecule has 4 saturated carbocycles. The lowest BCUT2D eigenvalue weighted by atomic mass is 9.35. The molecular formula is C15H24O3. The van der Waals surface area contributed by atoms with Crippen LogP contribution in [0.2, 0.25) is 0 Å². The third kappa shape index (κ3) is 1.16. The second kappa shape index (κ2) is 3.37. The van der Waals surface area contributed by atoms with Crippen LogP contribution in [0.25, 0.3) is 0 Å². The van der Waals surface area contributed by atoms with Crippen LogP contribution in [0.3, 0.4) is 0 Å². The van der Waals surface area contributed by atoms with Crippen molar-refractivity contribution in [2.45, 2.75) is 52.7 Å². The smallest absolute Gasteiger partial charge is 0.137 e. The van der Waals surface area contributed by atoms with E-state index in [0.29, 0.717) is 30.5 Å². The molecule has 0 unspecified atom stereocenters. The molecule has 3 heteroatoms. The molecule has 0 saturated heterocycles. The highest BCUT2D eigenvalue weighted by Gasteiger charge is 2.74. The average molecular weight is 252 g/mol. The first-order valence-corrected chi connectivity index (χ1v) is 7.11. The molecule has 4 fully saturated rings. The molecule has 4 bridgehead atoms. The Balaban J connectivity index is 2.13. The maximum absolute atomic E-state index is 12.4. The van der Waals surface area contributed by atoms with Gasteiger partial charge in [-0.15, -0.1) is 0 Å². The van der Waals surface area contributed by atoms with Gasteiger partial charge in [0.15, 0.2) is 0 Å². The minimum Gasteiger partial charge on any atom is -0.392 e. The second-order valence-electron chi connectivity index (χ2n) is 7.63. The minimum absolute atomic E-state index is 0.0409. The molecule has 0 aromatic heterocycles. The predicted octanol–water partition coefficient (Wildman–Crippen LogP) is 1.62. The number of carbonyl (C=O) groups is 1. The van der Waals surface area contributed by atoms with Crippen molar-refractivity contribution in [2.24, 2.45) is 34.5 Å². The lowest BCUT2D eigenvalue weighted by molar-refractivity contribution is -0.231. The molecule has 4 aliphatic rings. The van der Waals surface area contributed by atoms with Crippen molar-refractivity contribution in [3.63, 3.8) is 0 Å². The van der Waals surface area contributed by atoms with Crippen molar-refractivity contribution in [2.75, 3.05) is 0 Å². The van der Waals surface area contributed by atoms with Gasteiger partial charge in [-0.05, 0) is 23.2 Å². The summed E-state index contributed by atoms with van der Waals surface area (Å²) in [4.78, 5) is 12.4. The van der Waals surface area contributed by atoms with Gasteiger partial charge < -0.3 is 10.2 Å². The third-order valence-electron chi connectivity index (χ3n) is 6.50. The fourth-order valence-corrected chi connectivity index (χ4v) is 5.47. The first-order chi connectivity index (χ1) is 8.22. The molecule has 4 rings (SSSR count). The van der Waals surface area contributed by atoms with Gasteiger partial charge in [0.2, 0.25) is 0 Å². The number of fused-ring (bicyclic) bond motifs is 2. The number of hydrogen-bond acceptors (Lipinski definition) is 3. The normalized spacial score (nSPS) is 57.8. The number of aliphatic hydroxyl groups excluding tert-OH is 2. The van der Waals surface area contributed by atoms with E-state index in [1.54, 1.807) is 0 Å². The van der Waals surface area contributed by atoms with Crippen LogP contribution in [0.5, 0.6) is 0 Å². The summed E-state index contributed by atoms with van der Waals surface area (Å²) in [6, 6.07) is 0. The average Bonchev–Trinajstić information content (AvgIpc) is 2.31. The van der Waals surface area contributed by atoms with Crippen LogP contribution < -0.4 is 0 Å². The van der Waals surface area contributed by atoms with Crippen molar-refractivity contribution in [1.29, 1.82) is 0 Å². The van der Waals surface area contributed by atoms with Crippen molar-refractivity contribution < 1.29 is 15.0 Å². The molecule has 3 nitrogen and oxygen atoms in total. The lowest BCUT2D eigenvalue weighted by Gasteiger charge is -2.68. The SMILES string of the molecule is C[C@H]1CC(=O)[C@@H]2[C@@H]3[C@@H]1[C@@]2(C)[C@H](O)C[C@@H](O)C3(C)C. The van der Waals surface area contributed by atoms with E-state index in [-0.39, 0.29) is 22.7 Å². The van der Waals surface area contributed by atoms with Crippen LogP contribution in [-0.4, -0.2) is 28.2 Å². The topological polar surface area (TPSA) is 57.5 Å². The molecule has 0 aromatic rings. The van der Waals surface area contributed by atoms with E-state index in [9.17, 15) is 15.0 Å². The van der Waals surface area contributed by atoms with Gasteiger partial charge in [-0.2, -0.15) is 0 Å². The molecular weight excluding hydrogens is 228 g/mol. The molecule has 18 heavy (non-hydrogen) atoms. The van der Waals surface area contributed by atoms with Gasteiger partial charge in [0.25, 0.3) is 0 Å². The van der Waals surface area contributed by atoms with Crippen molar-refractivity contribution in [3.8, 4) is 0 Å². The molecule has 0 radical (unpaired) electrons.